The number of hydrogen-bond donors (Lipinski definition) is 1. The van der Waals surface area contributed by atoms with Crippen molar-refractivity contribution in [3.8, 4) is 11.8 Å². The molecule has 0 aliphatic carbocycles. The molecule has 0 saturated carbocycles. The van der Waals surface area contributed by atoms with Crippen molar-refractivity contribution in [3.63, 3.8) is 0 Å². The second-order valence-corrected chi connectivity index (χ2v) is 4.33. The van der Waals surface area contributed by atoms with Crippen molar-refractivity contribution in [1.29, 1.82) is 0 Å². The third-order valence-corrected chi connectivity index (χ3v) is 2.67. The SMILES string of the molecule is CN(C)C(C#Cc1ccccc1)CCCCO. The summed E-state index contributed by atoms with van der Waals surface area (Å²) >= 11 is 0. The van der Waals surface area contributed by atoms with Gasteiger partial charge in [0, 0.05) is 12.2 Å². The zero-order chi connectivity index (χ0) is 12.5. The summed E-state index contributed by atoms with van der Waals surface area (Å²) < 4.78 is 0. The van der Waals surface area contributed by atoms with Gasteiger partial charge in [0.15, 0.2) is 0 Å². The summed E-state index contributed by atoms with van der Waals surface area (Å²) in [6.45, 7) is 0.270. The highest BCUT2D eigenvalue weighted by molar-refractivity contribution is 5.34. The first-order chi connectivity index (χ1) is 8.24. The van der Waals surface area contributed by atoms with Crippen LogP contribution in [0.25, 0.3) is 0 Å². The summed E-state index contributed by atoms with van der Waals surface area (Å²) in [6, 6.07) is 10.3. The number of rotatable bonds is 5. The molecule has 0 aromatic heterocycles. The molecule has 1 unspecified atom stereocenters. The van der Waals surface area contributed by atoms with Gasteiger partial charge in [0.2, 0.25) is 0 Å². The minimum atomic E-state index is 0.266. The topological polar surface area (TPSA) is 23.5 Å². The third-order valence-electron chi connectivity index (χ3n) is 2.67. The van der Waals surface area contributed by atoms with E-state index in [-0.39, 0.29) is 12.6 Å². The Balaban J connectivity index is 2.58. The Labute approximate surface area is 104 Å². The van der Waals surface area contributed by atoms with Gasteiger partial charge in [0.1, 0.15) is 0 Å². The minimum Gasteiger partial charge on any atom is -0.396 e. The first-order valence-corrected chi connectivity index (χ1v) is 6.08. The van der Waals surface area contributed by atoms with Gasteiger partial charge in [-0.15, -0.1) is 0 Å². The van der Waals surface area contributed by atoms with Gasteiger partial charge in [-0.05, 0) is 45.5 Å². The van der Waals surface area contributed by atoms with E-state index in [2.05, 4.69) is 16.7 Å². The summed E-state index contributed by atoms with van der Waals surface area (Å²) in [5.41, 5.74) is 1.06. The van der Waals surface area contributed by atoms with Gasteiger partial charge in [-0.3, -0.25) is 4.90 Å². The molecule has 92 valence electrons. The molecule has 0 aliphatic rings. The normalized spacial score (nSPS) is 12.0. The van der Waals surface area contributed by atoms with Crippen LogP contribution >= 0.6 is 0 Å². The monoisotopic (exact) mass is 231 g/mol. The fraction of sp³-hybridized carbons (Fsp3) is 0.467. The van der Waals surface area contributed by atoms with E-state index < -0.39 is 0 Å². The lowest BCUT2D eigenvalue weighted by atomic mass is 10.1. The van der Waals surface area contributed by atoms with E-state index in [0.717, 1.165) is 24.8 Å². The number of aliphatic hydroxyl groups excluding tert-OH is 1. The van der Waals surface area contributed by atoms with Gasteiger partial charge in [0.25, 0.3) is 0 Å². The number of hydrogen-bond acceptors (Lipinski definition) is 2. The summed E-state index contributed by atoms with van der Waals surface area (Å²) in [5.74, 6) is 6.49. The molecule has 1 aromatic rings. The molecule has 0 amide bonds. The van der Waals surface area contributed by atoms with Gasteiger partial charge in [-0.25, -0.2) is 0 Å². The molecule has 1 aromatic carbocycles. The van der Waals surface area contributed by atoms with Crippen LogP contribution < -0.4 is 0 Å². The van der Waals surface area contributed by atoms with Crippen molar-refractivity contribution < 1.29 is 5.11 Å². The van der Waals surface area contributed by atoms with Crippen LogP contribution in [-0.4, -0.2) is 36.8 Å². The summed E-state index contributed by atoms with van der Waals surface area (Å²) in [5, 5.41) is 8.78. The molecule has 0 aliphatic heterocycles. The van der Waals surface area contributed by atoms with Crippen molar-refractivity contribution in [2.75, 3.05) is 20.7 Å². The van der Waals surface area contributed by atoms with Crippen molar-refractivity contribution in [2.45, 2.75) is 25.3 Å². The molecule has 2 nitrogen and oxygen atoms in total. The average Bonchev–Trinajstić information content (AvgIpc) is 2.34. The molecule has 1 N–H and O–H groups in total. The summed E-state index contributed by atoms with van der Waals surface area (Å²) in [6.07, 6.45) is 2.88. The molecule has 1 atom stereocenters. The van der Waals surface area contributed by atoms with Crippen molar-refractivity contribution >= 4 is 0 Å². The summed E-state index contributed by atoms with van der Waals surface area (Å²) in [7, 11) is 4.09. The van der Waals surface area contributed by atoms with E-state index >= 15 is 0 Å². The van der Waals surface area contributed by atoms with Crippen LogP contribution in [0.5, 0.6) is 0 Å². The molecule has 0 heterocycles. The van der Waals surface area contributed by atoms with E-state index in [0.29, 0.717) is 0 Å². The van der Waals surface area contributed by atoms with Crippen LogP contribution in [0.2, 0.25) is 0 Å². The largest absolute Gasteiger partial charge is 0.396 e. The van der Waals surface area contributed by atoms with Crippen LogP contribution in [0.1, 0.15) is 24.8 Å². The second-order valence-electron chi connectivity index (χ2n) is 4.33. The molecular formula is C15H21NO. The third kappa shape index (κ3) is 5.53. The molecule has 2 heteroatoms. The lowest BCUT2D eigenvalue weighted by Crippen LogP contribution is -2.26. The quantitative estimate of drug-likeness (QED) is 0.620. The Morgan fingerprint density at radius 1 is 1.18 bits per heavy atom. The van der Waals surface area contributed by atoms with Gasteiger partial charge < -0.3 is 5.11 Å². The van der Waals surface area contributed by atoms with Gasteiger partial charge >= 0.3 is 0 Å². The Hall–Kier alpha value is -1.30. The van der Waals surface area contributed by atoms with E-state index in [1.54, 1.807) is 0 Å². The average molecular weight is 231 g/mol. The Morgan fingerprint density at radius 3 is 2.47 bits per heavy atom. The molecule has 0 bridgehead atoms. The lowest BCUT2D eigenvalue weighted by molar-refractivity contribution is 0.270. The first-order valence-electron chi connectivity index (χ1n) is 6.08. The minimum absolute atomic E-state index is 0.266. The maximum Gasteiger partial charge on any atom is 0.0713 e. The predicted octanol–water partition coefficient (Wildman–Crippen LogP) is 2.13. The molecule has 1 rings (SSSR count). The van der Waals surface area contributed by atoms with E-state index in [4.69, 9.17) is 5.11 Å². The Morgan fingerprint density at radius 2 is 1.88 bits per heavy atom. The van der Waals surface area contributed by atoms with Gasteiger partial charge in [0.05, 0.1) is 6.04 Å². The number of unbranched alkanes of at least 4 members (excludes halogenated alkanes) is 1. The number of nitrogens with zero attached hydrogens (tertiary/aromatic N) is 1. The maximum atomic E-state index is 8.78. The highest BCUT2D eigenvalue weighted by Crippen LogP contribution is 2.05. The molecular weight excluding hydrogens is 210 g/mol. The highest BCUT2D eigenvalue weighted by atomic mass is 16.2. The van der Waals surface area contributed by atoms with E-state index in [1.165, 1.54) is 0 Å². The molecule has 0 spiro atoms. The Bertz CT molecular complexity index is 362. The fourth-order valence-electron chi connectivity index (χ4n) is 1.60. The van der Waals surface area contributed by atoms with Crippen LogP contribution in [0.4, 0.5) is 0 Å². The number of aliphatic hydroxyl groups is 1. The first kappa shape index (κ1) is 13.8. The van der Waals surface area contributed by atoms with Crippen LogP contribution in [0.15, 0.2) is 30.3 Å². The number of benzene rings is 1. The lowest BCUT2D eigenvalue weighted by Gasteiger charge is -2.18. The summed E-state index contributed by atoms with van der Waals surface area (Å²) in [4.78, 5) is 2.13. The molecule has 0 fully saturated rings. The maximum absolute atomic E-state index is 8.78. The van der Waals surface area contributed by atoms with Crippen molar-refractivity contribution in [1.82, 2.24) is 4.90 Å². The Kier molecular flexibility index (Phi) is 6.39. The van der Waals surface area contributed by atoms with Gasteiger partial charge in [-0.1, -0.05) is 30.0 Å². The zero-order valence-electron chi connectivity index (χ0n) is 10.7. The van der Waals surface area contributed by atoms with Crippen molar-refractivity contribution in [2.24, 2.45) is 0 Å². The van der Waals surface area contributed by atoms with Crippen LogP contribution in [-0.2, 0) is 0 Å². The molecule has 0 radical (unpaired) electrons. The molecule has 17 heavy (non-hydrogen) atoms. The standard InChI is InChI=1S/C15H21NO/c1-16(2)15(10-6-7-13-17)12-11-14-8-4-3-5-9-14/h3-5,8-9,15,17H,6-7,10,13H2,1-2H3. The second kappa shape index (κ2) is 7.89. The van der Waals surface area contributed by atoms with Crippen molar-refractivity contribution in [3.05, 3.63) is 35.9 Å². The van der Waals surface area contributed by atoms with Crippen LogP contribution in [0, 0.1) is 11.8 Å². The smallest absolute Gasteiger partial charge is 0.0713 e. The zero-order valence-corrected chi connectivity index (χ0v) is 10.7. The van der Waals surface area contributed by atoms with Crippen LogP contribution in [0.3, 0.4) is 0 Å². The fourth-order valence-corrected chi connectivity index (χ4v) is 1.60. The molecule has 0 saturated heterocycles. The van der Waals surface area contributed by atoms with E-state index in [9.17, 15) is 0 Å². The predicted molar refractivity (Wildman–Crippen MR) is 71.7 cm³/mol. The van der Waals surface area contributed by atoms with Gasteiger partial charge in [-0.2, -0.15) is 0 Å². The van der Waals surface area contributed by atoms with E-state index in [1.807, 2.05) is 44.4 Å². The highest BCUT2D eigenvalue weighted by Gasteiger charge is 2.06.